The molecule has 0 saturated heterocycles. The van der Waals surface area contributed by atoms with Crippen LogP contribution in [0.3, 0.4) is 0 Å². The van der Waals surface area contributed by atoms with Gasteiger partial charge in [-0.2, -0.15) is 0 Å². The predicted octanol–water partition coefficient (Wildman–Crippen LogP) is 3.64. The summed E-state index contributed by atoms with van der Waals surface area (Å²) in [6, 6.07) is 6.39. The van der Waals surface area contributed by atoms with Gasteiger partial charge in [0.1, 0.15) is 15.7 Å². The van der Waals surface area contributed by atoms with E-state index in [0.717, 1.165) is 9.88 Å². The Morgan fingerprint density at radius 2 is 2.05 bits per heavy atom. The van der Waals surface area contributed by atoms with E-state index in [1.807, 2.05) is 6.92 Å². The minimum atomic E-state index is -0.344. The molecule has 2 heterocycles. The Morgan fingerprint density at radius 3 is 2.77 bits per heavy atom. The number of thiazole rings is 2. The van der Waals surface area contributed by atoms with Crippen LogP contribution >= 0.6 is 22.7 Å². The van der Waals surface area contributed by atoms with Gasteiger partial charge in [0.15, 0.2) is 0 Å². The molecule has 4 nitrogen and oxygen atoms in total. The highest BCUT2D eigenvalue weighted by Gasteiger charge is 2.14. The lowest BCUT2D eigenvalue weighted by Gasteiger charge is -2.00. The Labute approximate surface area is 134 Å². The van der Waals surface area contributed by atoms with Gasteiger partial charge < -0.3 is 5.32 Å². The summed E-state index contributed by atoms with van der Waals surface area (Å²) in [5, 5.41) is 4.28. The molecule has 3 rings (SSSR count). The van der Waals surface area contributed by atoms with Crippen LogP contribution in [0.5, 0.6) is 0 Å². The fourth-order valence-electron chi connectivity index (χ4n) is 1.88. The van der Waals surface area contributed by atoms with Gasteiger partial charge in [-0.05, 0) is 19.1 Å². The molecule has 3 aromatic rings. The van der Waals surface area contributed by atoms with E-state index in [1.54, 1.807) is 35.7 Å². The van der Waals surface area contributed by atoms with Crippen molar-refractivity contribution >= 4 is 28.6 Å². The van der Waals surface area contributed by atoms with Crippen LogP contribution in [0.1, 0.15) is 19.6 Å². The Hall–Kier alpha value is -2.12. The van der Waals surface area contributed by atoms with Gasteiger partial charge >= 0.3 is 0 Å². The summed E-state index contributed by atoms with van der Waals surface area (Å²) in [6.07, 6.45) is 3.22. The Morgan fingerprint density at radius 1 is 1.23 bits per heavy atom. The minimum absolute atomic E-state index is 0.217. The van der Waals surface area contributed by atoms with Crippen LogP contribution in [0.4, 0.5) is 4.39 Å². The van der Waals surface area contributed by atoms with E-state index < -0.39 is 0 Å². The van der Waals surface area contributed by atoms with E-state index in [1.165, 1.54) is 23.6 Å². The first-order chi connectivity index (χ1) is 10.6. The number of amides is 1. The maximum absolute atomic E-state index is 13.7. The fraction of sp³-hybridized carbons (Fsp3) is 0.133. The Bertz CT molecular complexity index is 812. The smallest absolute Gasteiger partial charge is 0.263 e. The van der Waals surface area contributed by atoms with Gasteiger partial charge in [0.05, 0.1) is 17.7 Å². The molecule has 0 aliphatic carbocycles. The topological polar surface area (TPSA) is 54.9 Å². The third-order valence-corrected chi connectivity index (χ3v) is 4.87. The molecule has 22 heavy (non-hydrogen) atoms. The number of rotatable bonds is 4. The highest BCUT2D eigenvalue weighted by molar-refractivity contribution is 7.16. The lowest BCUT2D eigenvalue weighted by molar-refractivity contribution is 0.0955. The predicted molar refractivity (Wildman–Crippen MR) is 85.5 cm³/mol. The number of nitrogens with one attached hydrogen (secondary N) is 1. The van der Waals surface area contributed by atoms with Crippen LogP contribution in [-0.2, 0) is 6.54 Å². The van der Waals surface area contributed by atoms with Crippen molar-refractivity contribution in [1.82, 2.24) is 15.3 Å². The zero-order valence-electron chi connectivity index (χ0n) is 11.7. The maximum Gasteiger partial charge on any atom is 0.263 e. The number of benzene rings is 1. The molecule has 0 fully saturated rings. The van der Waals surface area contributed by atoms with E-state index in [2.05, 4.69) is 15.3 Å². The van der Waals surface area contributed by atoms with Crippen molar-refractivity contribution in [2.75, 3.05) is 0 Å². The summed E-state index contributed by atoms with van der Waals surface area (Å²) in [7, 11) is 0. The van der Waals surface area contributed by atoms with Gasteiger partial charge in [0.25, 0.3) is 5.91 Å². The van der Waals surface area contributed by atoms with Crippen LogP contribution < -0.4 is 5.32 Å². The van der Waals surface area contributed by atoms with Crippen molar-refractivity contribution < 1.29 is 9.18 Å². The van der Waals surface area contributed by atoms with Gasteiger partial charge in [-0.3, -0.25) is 4.79 Å². The second-order valence-corrected chi connectivity index (χ2v) is 6.89. The first kappa shape index (κ1) is 14.8. The molecule has 0 radical (unpaired) electrons. The van der Waals surface area contributed by atoms with Gasteiger partial charge in [0, 0.05) is 16.6 Å². The van der Waals surface area contributed by atoms with Crippen LogP contribution in [-0.4, -0.2) is 15.9 Å². The van der Waals surface area contributed by atoms with Crippen LogP contribution in [0, 0.1) is 12.7 Å². The Kier molecular flexibility index (Phi) is 4.26. The largest absolute Gasteiger partial charge is 0.346 e. The number of halogens is 1. The normalized spacial score (nSPS) is 10.6. The molecule has 1 aromatic carbocycles. The number of aromatic nitrogens is 2. The molecule has 112 valence electrons. The van der Waals surface area contributed by atoms with Crippen LogP contribution in [0.25, 0.3) is 10.6 Å². The standard InChI is InChI=1S/C15H12FN3OS2/c1-9-17-6-10(21-9)7-18-14(20)13-8-19-15(22-13)11-4-2-3-5-12(11)16/h2-6,8H,7H2,1H3,(H,18,20). The molecular weight excluding hydrogens is 321 g/mol. The zero-order chi connectivity index (χ0) is 15.5. The summed E-state index contributed by atoms with van der Waals surface area (Å²) in [5.74, 6) is -0.560. The maximum atomic E-state index is 13.7. The zero-order valence-corrected chi connectivity index (χ0v) is 13.3. The van der Waals surface area contributed by atoms with Gasteiger partial charge in [-0.1, -0.05) is 12.1 Å². The molecule has 0 unspecified atom stereocenters. The Balaban J connectivity index is 1.70. The van der Waals surface area contributed by atoms with Crippen molar-refractivity contribution in [1.29, 1.82) is 0 Å². The summed E-state index contributed by atoms with van der Waals surface area (Å²) in [4.78, 5) is 21.8. The lowest BCUT2D eigenvalue weighted by atomic mass is 10.2. The summed E-state index contributed by atoms with van der Waals surface area (Å²) >= 11 is 2.71. The average Bonchev–Trinajstić information content (AvgIpc) is 3.14. The van der Waals surface area contributed by atoms with Crippen LogP contribution in [0.2, 0.25) is 0 Å². The number of hydrogen-bond donors (Lipinski definition) is 1. The van der Waals surface area contributed by atoms with Gasteiger partial charge in [-0.15, -0.1) is 22.7 Å². The molecule has 1 N–H and O–H groups in total. The van der Waals surface area contributed by atoms with E-state index in [0.29, 0.717) is 22.0 Å². The van der Waals surface area contributed by atoms with Crippen molar-refractivity contribution in [3.63, 3.8) is 0 Å². The molecule has 2 aromatic heterocycles. The van der Waals surface area contributed by atoms with Crippen LogP contribution in [0.15, 0.2) is 36.7 Å². The lowest BCUT2D eigenvalue weighted by Crippen LogP contribution is -2.21. The molecule has 0 aliphatic heterocycles. The monoisotopic (exact) mass is 333 g/mol. The number of carbonyl (C=O) groups excluding carboxylic acids is 1. The average molecular weight is 333 g/mol. The SMILES string of the molecule is Cc1ncc(CNC(=O)c2cnc(-c3ccccc3F)s2)s1. The van der Waals surface area contributed by atoms with Gasteiger partial charge in [0.2, 0.25) is 0 Å². The van der Waals surface area contributed by atoms with Crippen molar-refractivity contribution in [2.24, 2.45) is 0 Å². The first-order valence-corrected chi connectivity index (χ1v) is 8.17. The third kappa shape index (κ3) is 3.20. The minimum Gasteiger partial charge on any atom is -0.346 e. The quantitative estimate of drug-likeness (QED) is 0.793. The molecule has 0 atom stereocenters. The summed E-state index contributed by atoms with van der Waals surface area (Å²) in [6.45, 7) is 2.34. The molecule has 7 heteroatoms. The van der Waals surface area contributed by atoms with E-state index >= 15 is 0 Å². The number of nitrogens with zero attached hydrogens (tertiary/aromatic N) is 2. The molecule has 1 amide bonds. The third-order valence-electron chi connectivity index (χ3n) is 2.93. The summed E-state index contributed by atoms with van der Waals surface area (Å²) < 4.78 is 13.7. The van der Waals surface area contributed by atoms with E-state index in [9.17, 15) is 9.18 Å². The molecule has 0 saturated carbocycles. The number of hydrogen-bond acceptors (Lipinski definition) is 5. The van der Waals surface area contributed by atoms with Crippen molar-refractivity contribution in [3.05, 3.63) is 57.2 Å². The molecule has 0 spiro atoms. The number of carbonyl (C=O) groups is 1. The fourth-order valence-corrected chi connectivity index (χ4v) is 3.47. The second-order valence-electron chi connectivity index (χ2n) is 4.54. The van der Waals surface area contributed by atoms with Crippen molar-refractivity contribution in [2.45, 2.75) is 13.5 Å². The second kappa shape index (κ2) is 6.33. The first-order valence-electron chi connectivity index (χ1n) is 6.54. The summed E-state index contributed by atoms with van der Waals surface area (Å²) in [5.41, 5.74) is 0.407. The molecule has 0 aliphatic rings. The molecular formula is C15H12FN3OS2. The van der Waals surface area contributed by atoms with Gasteiger partial charge in [-0.25, -0.2) is 14.4 Å². The van der Waals surface area contributed by atoms with Crippen molar-refractivity contribution in [3.8, 4) is 10.6 Å². The highest BCUT2D eigenvalue weighted by atomic mass is 32.1. The van der Waals surface area contributed by atoms with E-state index in [-0.39, 0.29) is 11.7 Å². The number of aryl methyl sites for hydroxylation is 1. The highest BCUT2D eigenvalue weighted by Crippen LogP contribution is 2.27. The molecule has 0 bridgehead atoms. The van der Waals surface area contributed by atoms with E-state index in [4.69, 9.17) is 0 Å².